The van der Waals surface area contributed by atoms with Gasteiger partial charge in [0.25, 0.3) is 0 Å². The van der Waals surface area contributed by atoms with Crippen molar-refractivity contribution >= 4 is 40.6 Å². The molecule has 2 aromatic rings. The molecule has 1 aliphatic carbocycles. The lowest BCUT2D eigenvalue weighted by molar-refractivity contribution is 0.0523. The van der Waals surface area contributed by atoms with E-state index in [4.69, 9.17) is 26.3 Å². The zero-order valence-electron chi connectivity index (χ0n) is 20.3. The van der Waals surface area contributed by atoms with E-state index in [0.717, 1.165) is 43.1 Å². The molecule has 3 atom stereocenters. The SMILES string of the molecule is CC(C)(C)OC(=O)NC1C[C@@H]1Nc1nc(N2CCC(c3ccc(Cl)cc3)CC2)nc2c1[S+]([O-])CC2. The van der Waals surface area contributed by atoms with Crippen LogP contribution in [0.5, 0.6) is 0 Å². The molecular formula is C25H32ClN5O3S. The van der Waals surface area contributed by atoms with E-state index in [1.165, 1.54) is 5.56 Å². The van der Waals surface area contributed by atoms with Gasteiger partial charge < -0.3 is 24.8 Å². The first kappa shape index (κ1) is 24.5. The lowest BCUT2D eigenvalue weighted by atomic mass is 9.89. The fourth-order valence-corrected chi connectivity index (χ4v) is 6.16. The second kappa shape index (κ2) is 9.67. The summed E-state index contributed by atoms with van der Waals surface area (Å²) in [6, 6.07) is 8.13. The number of hydrogen-bond acceptors (Lipinski definition) is 7. The third-order valence-electron chi connectivity index (χ3n) is 6.61. The first-order valence-corrected chi connectivity index (χ1v) is 13.9. The average molecular weight is 518 g/mol. The van der Waals surface area contributed by atoms with Gasteiger partial charge in [-0.1, -0.05) is 23.7 Å². The summed E-state index contributed by atoms with van der Waals surface area (Å²) >= 11 is 4.94. The maximum absolute atomic E-state index is 12.7. The van der Waals surface area contributed by atoms with Gasteiger partial charge in [0.2, 0.25) is 10.8 Å². The number of amides is 1. The van der Waals surface area contributed by atoms with Crippen molar-refractivity contribution in [3.63, 3.8) is 0 Å². The molecule has 2 fully saturated rings. The number of fused-ring (bicyclic) bond motifs is 1. The lowest BCUT2D eigenvalue weighted by Crippen LogP contribution is -2.36. The number of aromatic nitrogens is 2. The molecule has 1 aromatic carbocycles. The van der Waals surface area contributed by atoms with E-state index in [0.29, 0.717) is 34.8 Å². The molecule has 1 saturated heterocycles. The summed E-state index contributed by atoms with van der Waals surface area (Å²) in [5, 5.41) is 7.09. The summed E-state index contributed by atoms with van der Waals surface area (Å²) < 4.78 is 18.1. The predicted octanol–water partition coefficient (Wildman–Crippen LogP) is 4.26. The highest BCUT2D eigenvalue weighted by molar-refractivity contribution is 7.91. The van der Waals surface area contributed by atoms with Gasteiger partial charge in [0, 0.05) is 24.5 Å². The summed E-state index contributed by atoms with van der Waals surface area (Å²) in [6.07, 6.45) is 3.07. The zero-order valence-corrected chi connectivity index (χ0v) is 21.9. The second-order valence-corrected chi connectivity index (χ2v) is 12.4. The first-order valence-electron chi connectivity index (χ1n) is 12.2. The van der Waals surface area contributed by atoms with E-state index >= 15 is 0 Å². The van der Waals surface area contributed by atoms with Gasteiger partial charge in [0.1, 0.15) is 17.0 Å². The molecule has 3 aliphatic rings. The molecular weight excluding hydrogens is 486 g/mol. The molecule has 0 bridgehead atoms. The third kappa shape index (κ3) is 5.78. The number of nitrogens with zero attached hydrogens (tertiary/aromatic N) is 3. The van der Waals surface area contributed by atoms with Crippen molar-refractivity contribution < 1.29 is 14.1 Å². The maximum Gasteiger partial charge on any atom is 0.407 e. The van der Waals surface area contributed by atoms with Crippen LogP contribution in [0, 0.1) is 0 Å². The van der Waals surface area contributed by atoms with Crippen LogP contribution >= 0.6 is 11.6 Å². The number of ether oxygens (including phenoxy) is 1. The van der Waals surface area contributed by atoms with Gasteiger partial charge in [0.05, 0.1) is 12.1 Å². The van der Waals surface area contributed by atoms with Crippen LogP contribution < -0.4 is 15.5 Å². The minimum absolute atomic E-state index is 0.0302. The van der Waals surface area contributed by atoms with E-state index < -0.39 is 22.9 Å². The number of benzene rings is 1. The van der Waals surface area contributed by atoms with Gasteiger partial charge in [-0.05, 0) is 74.8 Å². The van der Waals surface area contributed by atoms with Crippen molar-refractivity contribution in [2.45, 2.75) is 75.0 Å². The Kier molecular flexibility index (Phi) is 6.76. The molecule has 1 amide bonds. The number of alkyl carbamates (subject to hydrolysis) is 1. The van der Waals surface area contributed by atoms with Gasteiger partial charge in [0.15, 0.2) is 5.82 Å². The van der Waals surface area contributed by atoms with Gasteiger partial charge in [-0.25, -0.2) is 9.78 Å². The van der Waals surface area contributed by atoms with Crippen molar-refractivity contribution in [1.29, 1.82) is 0 Å². The molecule has 1 saturated carbocycles. The van der Waals surface area contributed by atoms with E-state index in [1.54, 1.807) is 0 Å². The molecule has 2 N–H and O–H groups in total. The normalized spacial score (nSPS) is 24.1. The van der Waals surface area contributed by atoms with Crippen LogP contribution in [0.2, 0.25) is 5.02 Å². The summed E-state index contributed by atoms with van der Waals surface area (Å²) in [5.74, 6) is 2.40. The Hall–Kier alpha value is -2.23. The number of halogens is 1. The number of rotatable bonds is 5. The van der Waals surface area contributed by atoms with E-state index in [9.17, 15) is 9.35 Å². The number of piperidine rings is 1. The summed E-state index contributed by atoms with van der Waals surface area (Å²) in [5.41, 5.74) is 1.65. The van der Waals surface area contributed by atoms with Gasteiger partial charge >= 0.3 is 6.09 Å². The number of carbonyl (C=O) groups excluding carboxylic acids is 1. The number of hydrogen-bond donors (Lipinski definition) is 2. The van der Waals surface area contributed by atoms with Crippen LogP contribution in [-0.4, -0.2) is 57.1 Å². The maximum atomic E-state index is 12.7. The molecule has 2 unspecified atom stereocenters. The van der Waals surface area contributed by atoms with Crippen molar-refractivity contribution in [3.8, 4) is 0 Å². The van der Waals surface area contributed by atoms with Gasteiger partial charge in [-0.2, -0.15) is 4.98 Å². The number of aryl methyl sites for hydroxylation is 1. The first-order chi connectivity index (χ1) is 16.7. The highest BCUT2D eigenvalue weighted by Crippen LogP contribution is 2.37. The summed E-state index contributed by atoms with van der Waals surface area (Å²) in [6.45, 7) is 7.25. The smallest absolute Gasteiger partial charge is 0.407 e. The van der Waals surface area contributed by atoms with Gasteiger partial charge in [-0.15, -0.1) is 0 Å². The van der Waals surface area contributed by atoms with Crippen molar-refractivity contribution in [2.24, 2.45) is 0 Å². The third-order valence-corrected chi connectivity index (χ3v) is 8.32. The van der Waals surface area contributed by atoms with Crippen LogP contribution in [0.25, 0.3) is 0 Å². The van der Waals surface area contributed by atoms with Gasteiger partial charge in [-0.3, -0.25) is 0 Å². The minimum Gasteiger partial charge on any atom is -0.611 e. The fraction of sp³-hybridized carbons (Fsp3) is 0.560. The molecule has 5 rings (SSSR count). The fourth-order valence-electron chi connectivity index (χ4n) is 4.72. The van der Waals surface area contributed by atoms with Crippen LogP contribution in [0.4, 0.5) is 16.6 Å². The molecule has 2 aliphatic heterocycles. The predicted molar refractivity (Wildman–Crippen MR) is 138 cm³/mol. The standard InChI is InChI=1S/C25H32ClN5O3S/c1-25(2,3)34-24(32)29-20-14-19(20)27-22-21-18(10-13-35(21)33)28-23(30-22)31-11-8-16(9-12-31)15-4-6-17(26)7-5-15/h4-7,16,19-20H,8-14H2,1-3H3,(H,29,32)(H,27,28,30)/t19-,20?,35?/m0/s1. The van der Waals surface area contributed by atoms with Crippen LogP contribution in [0.3, 0.4) is 0 Å². The topological polar surface area (TPSA) is 102 Å². The quantitative estimate of drug-likeness (QED) is 0.571. The average Bonchev–Trinajstić information content (AvgIpc) is 3.40. The molecule has 3 heterocycles. The Morgan fingerprint density at radius 1 is 1.17 bits per heavy atom. The van der Waals surface area contributed by atoms with Crippen LogP contribution in [0.15, 0.2) is 29.2 Å². The van der Waals surface area contributed by atoms with Crippen molar-refractivity contribution in [2.75, 3.05) is 29.1 Å². The Balaban J connectivity index is 1.25. The Bertz CT molecular complexity index is 1090. The largest absolute Gasteiger partial charge is 0.611 e. The number of anilines is 2. The molecule has 8 nitrogen and oxygen atoms in total. The summed E-state index contributed by atoms with van der Waals surface area (Å²) in [4.78, 5) is 24.7. The molecule has 35 heavy (non-hydrogen) atoms. The number of carbonyl (C=O) groups is 1. The summed E-state index contributed by atoms with van der Waals surface area (Å²) in [7, 11) is 0. The Morgan fingerprint density at radius 2 is 1.89 bits per heavy atom. The van der Waals surface area contributed by atoms with E-state index in [-0.39, 0.29) is 12.1 Å². The molecule has 1 aromatic heterocycles. The zero-order chi connectivity index (χ0) is 24.7. The van der Waals surface area contributed by atoms with Crippen molar-refractivity contribution in [3.05, 3.63) is 40.5 Å². The van der Waals surface area contributed by atoms with Crippen molar-refractivity contribution in [1.82, 2.24) is 15.3 Å². The van der Waals surface area contributed by atoms with Crippen LogP contribution in [-0.2, 0) is 22.3 Å². The highest BCUT2D eigenvalue weighted by Gasteiger charge is 2.42. The lowest BCUT2D eigenvalue weighted by Gasteiger charge is -2.32. The second-order valence-electron chi connectivity index (χ2n) is 10.5. The van der Waals surface area contributed by atoms with E-state index in [2.05, 4.69) is 27.7 Å². The minimum atomic E-state index is -1.11. The Labute approximate surface area is 214 Å². The Morgan fingerprint density at radius 3 is 2.57 bits per heavy atom. The van der Waals surface area contributed by atoms with E-state index in [1.807, 2.05) is 32.9 Å². The monoisotopic (exact) mass is 517 g/mol. The molecule has 0 spiro atoms. The molecule has 10 heteroatoms. The number of nitrogens with one attached hydrogen (secondary N) is 2. The molecule has 188 valence electrons. The highest BCUT2D eigenvalue weighted by atomic mass is 35.5. The molecule has 0 radical (unpaired) electrons. The van der Waals surface area contributed by atoms with Crippen LogP contribution in [0.1, 0.15) is 57.2 Å².